The van der Waals surface area contributed by atoms with Gasteiger partial charge in [-0.15, -0.1) is 0 Å². The number of rotatable bonds is 12. The molecule has 5 fully saturated rings. The molecule has 17 heteroatoms. The molecule has 2 aromatic heterocycles. The zero-order chi connectivity index (χ0) is 48.0. The highest BCUT2D eigenvalue weighted by Gasteiger charge is 2.35. The lowest BCUT2D eigenvalue weighted by Crippen LogP contribution is -2.47. The van der Waals surface area contributed by atoms with Crippen molar-refractivity contribution in [2.45, 2.75) is 95.7 Å². The molecule has 0 radical (unpaired) electrons. The Morgan fingerprint density at radius 1 is 0.899 bits per heavy atom. The third-order valence-corrected chi connectivity index (χ3v) is 15.2. The predicted octanol–water partition coefficient (Wildman–Crippen LogP) is 7.18. The van der Waals surface area contributed by atoms with Crippen molar-refractivity contribution in [2.75, 3.05) is 80.6 Å². The molecule has 2 amide bonds. The third-order valence-electron chi connectivity index (χ3n) is 15.2. The highest BCUT2D eigenvalue weighted by molar-refractivity contribution is 6.02. The van der Waals surface area contributed by atoms with E-state index in [0.29, 0.717) is 89.8 Å². The summed E-state index contributed by atoms with van der Waals surface area (Å²) >= 11 is 0. The number of phenols is 1. The quantitative estimate of drug-likeness (QED) is 0.0934. The number of amides is 2. The minimum atomic E-state index is -0.968. The standard InChI is InChI=1S/C52H62F3N9O5/c1-3-37-40(53)7-5-33-23-36(65)25-38(45(33)37)47-46(55)48-39(26-56-47)49(64-17-4-16-52(2,68)30-64)60-51(59-48)69-29-32-13-22-63(28-32)35-14-18-61(19-15-35)27-31-11-20-62(21-12-31)43-9-6-34(24-41(43)54)57-42-8-10-44(66)58-50(42)67/h5-7,9,23-26,31-32,35,42,57,65,68H,3-4,8,10-22,27-30H2,1-2H3,(H,58,66,67)/t32?,42?,52-/m1/s1. The van der Waals surface area contributed by atoms with Crippen LogP contribution in [0, 0.1) is 29.3 Å². The third kappa shape index (κ3) is 10.00. The Bertz CT molecular complexity index is 2740. The molecule has 5 aromatic rings. The summed E-state index contributed by atoms with van der Waals surface area (Å²) in [6, 6.07) is 10.9. The van der Waals surface area contributed by atoms with Crippen LogP contribution in [0.4, 0.5) is 30.4 Å². The molecule has 0 spiro atoms. The number of hydrogen-bond donors (Lipinski definition) is 4. The number of ether oxygens (including phenoxy) is 1. The van der Waals surface area contributed by atoms with E-state index in [-0.39, 0.29) is 58.5 Å². The summed E-state index contributed by atoms with van der Waals surface area (Å²) in [6.07, 6.45) is 8.98. The maximum absolute atomic E-state index is 17.1. The van der Waals surface area contributed by atoms with Gasteiger partial charge in [-0.25, -0.2) is 13.2 Å². The lowest BCUT2D eigenvalue weighted by molar-refractivity contribution is -0.133. The van der Waals surface area contributed by atoms with Gasteiger partial charge < -0.3 is 35.0 Å². The molecule has 10 rings (SSSR count). The smallest absolute Gasteiger partial charge is 0.319 e. The molecule has 366 valence electrons. The van der Waals surface area contributed by atoms with E-state index in [1.54, 1.807) is 25.1 Å². The van der Waals surface area contributed by atoms with Crippen molar-refractivity contribution < 1.29 is 37.7 Å². The Balaban J connectivity index is 0.753. The number of aromatic hydroxyl groups is 1. The normalized spacial score (nSPS) is 23.6. The number of benzene rings is 3. The summed E-state index contributed by atoms with van der Waals surface area (Å²) < 4.78 is 53.9. The first-order chi connectivity index (χ1) is 33.3. The number of phenolic OH excluding ortho intramolecular Hbond substituents is 1. The number of carbonyl (C=O) groups is 2. The molecule has 2 unspecified atom stereocenters. The zero-order valence-corrected chi connectivity index (χ0v) is 39.5. The van der Waals surface area contributed by atoms with E-state index in [0.717, 1.165) is 84.3 Å². The fourth-order valence-corrected chi connectivity index (χ4v) is 11.5. The maximum atomic E-state index is 17.1. The van der Waals surface area contributed by atoms with Crippen LogP contribution in [0.25, 0.3) is 32.9 Å². The van der Waals surface area contributed by atoms with Crippen LogP contribution in [0.3, 0.4) is 0 Å². The molecule has 5 aliphatic heterocycles. The molecule has 7 heterocycles. The Kier molecular flexibility index (Phi) is 13.3. The van der Waals surface area contributed by atoms with Gasteiger partial charge in [-0.3, -0.25) is 24.8 Å². The van der Waals surface area contributed by atoms with Crippen molar-refractivity contribution in [1.29, 1.82) is 0 Å². The Labute approximate surface area is 400 Å². The number of piperidine rings is 4. The number of aryl methyl sites for hydroxylation is 1. The summed E-state index contributed by atoms with van der Waals surface area (Å²) in [5.41, 5.74) is 0.740. The van der Waals surface area contributed by atoms with Gasteiger partial charge in [0.15, 0.2) is 5.82 Å². The highest BCUT2D eigenvalue weighted by Crippen LogP contribution is 2.40. The van der Waals surface area contributed by atoms with E-state index in [2.05, 4.69) is 35.3 Å². The Morgan fingerprint density at radius 3 is 2.45 bits per heavy atom. The summed E-state index contributed by atoms with van der Waals surface area (Å²) in [7, 11) is 0. The molecule has 14 nitrogen and oxygen atoms in total. The molecule has 3 atom stereocenters. The minimum absolute atomic E-state index is 0.00305. The van der Waals surface area contributed by atoms with Crippen LogP contribution in [0.5, 0.6) is 11.8 Å². The number of hydrogen-bond acceptors (Lipinski definition) is 13. The summed E-state index contributed by atoms with van der Waals surface area (Å²) in [4.78, 5) is 47.0. The molecule has 69 heavy (non-hydrogen) atoms. The van der Waals surface area contributed by atoms with Gasteiger partial charge in [-0.2, -0.15) is 9.97 Å². The number of likely N-dealkylation sites (tertiary alicyclic amines) is 2. The number of pyridine rings is 1. The summed E-state index contributed by atoms with van der Waals surface area (Å²) in [5, 5.41) is 28.6. The molecule has 3 aromatic carbocycles. The largest absolute Gasteiger partial charge is 0.508 e. The monoisotopic (exact) mass is 949 g/mol. The van der Waals surface area contributed by atoms with E-state index in [1.807, 2.05) is 11.8 Å². The first-order valence-corrected chi connectivity index (χ1v) is 24.8. The SMILES string of the molecule is CCc1c(F)ccc2cc(O)cc(-c3ncc4c(N5CCC[C@@](C)(O)C5)nc(OCC5CCN(C6CCN(CC7CCN(c8ccc(NC9CCC(=O)NC9=O)cc8F)CC7)CC6)C5)nc4c3F)c12. The van der Waals surface area contributed by atoms with Gasteiger partial charge in [0.25, 0.3) is 0 Å². The van der Waals surface area contributed by atoms with Gasteiger partial charge in [-0.05, 0) is 143 Å². The number of carbonyl (C=O) groups excluding carboxylic acids is 2. The van der Waals surface area contributed by atoms with Crippen LogP contribution in [-0.2, 0) is 16.0 Å². The van der Waals surface area contributed by atoms with Crippen LogP contribution < -0.4 is 25.2 Å². The second kappa shape index (κ2) is 19.5. The number of halogens is 3. The van der Waals surface area contributed by atoms with Crippen LogP contribution in [-0.4, -0.2) is 130 Å². The van der Waals surface area contributed by atoms with Gasteiger partial charge in [0, 0.05) is 75.1 Å². The first-order valence-electron chi connectivity index (χ1n) is 24.8. The zero-order valence-electron chi connectivity index (χ0n) is 39.5. The molecule has 0 bridgehead atoms. The fraction of sp³-hybridized carbons (Fsp3) is 0.519. The number of anilines is 3. The lowest BCUT2D eigenvalue weighted by atomic mass is 9.94. The molecular formula is C52H62F3N9O5. The van der Waals surface area contributed by atoms with Crippen molar-refractivity contribution in [1.82, 2.24) is 30.1 Å². The van der Waals surface area contributed by atoms with Crippen LogP contribution in [0.2, 0.25) is 0 Å². The molecule has 5 aliphatic rings. The Morgan fingerprint density at radius 2 is 1.70 bits per heavy atom. The number of aliphatic hydroxyl groups is 1. The van der Waals surface area contributed by atoms with Crippen molar-refractivity contribution >= 4 is 50.7 Å². The number of aromatic nitrogens is 3. The average Bonchev–Trinajstić information content (AvgIpc) is 3.81. The van der Waals surface area contributed by atoms with E-state index >= 15 is 13.2 Å². The van der Waals surface area contributed by atoms with E-state index in [9.17, 15) is 19.8 Å². The number of imide groups is 1. The van der Waals surface area contributed by atoms with Crippen molar-refractivity contribution in [3.63, 3.8) is 0 Å². The number of fused-ring (bicyclic) bond motifs is 2. The number of nitrogens with one attached hydrogen (secondary N) is 2. The predicted molar refractivity (Wildman–Crippen MR) is 259 cm³/mol. The molecule has 4 N–H and O–H groups in total. The van der Waals surface area contributed by atoms with E-state index in [1.165, 1.54) is 30.5 Å². The average molecular weight is 950 g/mol. The van der Waals surface area contributed by atoms with Gasteiger partial charge >= 0.3 is 6.01 Å². The van der Waals surface area contributed by atoms with Crippen molar-refractivity contribution in [2.24, 2.45) is 11.8 Å². The minimum Gasteiger partial charge on any atom is -0.508 e. The van der Waals surface area contributed by atoms with Crippen molar-refractivity contribution in [3.8, 4) is 23.0 Å². The Hall–Kier alpha value is -5.78. The molecule has 0 saturated carbocycles. The van der Waals surface area contributed by atoms with Gasteiger partial charge in [0.2, 0.25) is 11.8 Å². The summed E-state index contributed by atoms with van der Waals surface area (Å²) in [6.45, 7) is 11.4. The second-order valence-electron chi connectivity index (χ2n) is 20.2. The number of nitrogens with zero attached hydrogens (tertiary/aromatic N) is 7. The van der Waals surface area contributed by atoms with E-state index < -0.39 is 23.3 Å². The lowest BCUT2D eigenvalue weighted by Gasteiger charge is -2.40. The molecule has 0 aliphatic carbocycles. The summed E-state index contributed by atoms with van der Waals surface area (Å²) in [5.74, 6) is -1.02. The molecular weight excluding hydrogens is 888 g/mol. The second-order valence-corrected chi connectivity index (χ2v) is 20.2. The number of β-amino-alcohol motifs (C(OH)–C–C–N with tert-alkyl or cyclic N) is 1. The van der Waals surface area contributed by atoms with Gasteiger partial charge in [-0.1, -0.05) is 13.0 Å². The topological polar surface area (TPSA) is 160 Å². The van der Waals surface area contributed by atoms with Crippen molar-refractivity contribution in [3.05, 3.63) is 71.7 Å². The van der Waals surface area contributed by atoms with E-state index in [4.69, 9.17) is 9.72 Å². The first kappa shape index (κ1) is 46.9. The maximum Gasteiger partial charge on any atom is 0.319 e. The van der Waals surface area contributed by atoms with Crippen LogP contribution in [0.15, 0.2) is 48.7 Å². The highest BCUT2D eigenvalue weighted by atomic mass is 19.1. The van der Waals surface area contributed by atoms with Crippen LogP contribution >= 0.6 is 0 Å². The fourth-order valence-electron chi connectivity index (χ4n) is 11.5. The van der Waals surface area contributed by atoms with Gasteiger partial charge in [0.05, 0.1) is 23.3 Å². The molecule has 5 saturated heterocycles. The van der Waals surface area contributed by atoms with Gasteiger partial charge in [0.1, 0.15) is 40.5 Å². The van der Waals surface area contributed by atoms with Crippen LogP contribution in [0.1, 0.15) is 77.2 Å².